The number of hydrogen-bond donors (Lipinski definition) is 1. The van der Waals surface area contributed by atoms with Gasteiger partial charge in [0.05, 0.1) is 30.3 Å². The number of nitrogens with zero attached hydrogens (tertiary/aromatic N) is 6. The summed E-state index contributed by atoms with van der Waals surface area (Å²) in [5, 5.41) is 24.4. The van der Waals surface area contributed by atoms with E-state index in [1.54, 1.807) is 27.6 Å². The number of benzene rings is 6. The highest BCUT2D eigenvalue weighted by atomic mass is 16.5. The number of carboxylic acid groups (broad SMARTS) is 1. The average Bonchev–Trinajstić information content (AvgIpc) is 3.82. The van der Waals surface area contributed by atoms with E-state index >= 15 is 0 Å². The van der Waals surface area contributed by atoms with Crippen LogP contribution >= 0.6 is 0 Å². The number of aromatic nitrogens is 6. The van der Waals surface area contributed by atoms with Gasteiger partial charge in [0.15, 0.2) is 5.54 Å². The summed E-state index contributed by atoms with van der Waals surface area (Å²) in [6.07, 6.45) is 0. The number of hydrogen-bond acceptors (Lipinski definition) is 6. The van der Waals surface area contributed by atoms with Gasteiger partial charge in [0.1, 0.15) is 0 Å². The molecule has 8 aromatic rings. The molecule has 2 aromatic heterocycles. The Morgan fingerprint density at radius 1 is 0.686 bits per heavy atom. The molecule has 2 heterocycles. The molecule has 51 heavy (non-hydrogen) atoms. The Bertz CT molecular complexity index is 2360. The van der Waals surface area contributed by atoms with Crippen LogP contribution in [-0.2, 0) is 12.1 Å². The molecule has 0 aliphatic carbocycles. The van der Waals surface area contributed by atoms with Crippen molar-refractivity contribution in [2.45, 2.75) is 12.1 Å². The van der Waals surface area contributed by atoms with Crippen LogP contribution in [0.2, 0.25) is 0 Å². The number of para-hydroxylation sites is 1. The lowest BCUT2D eigenvalue weighted by Crippen LogP contribution is -2.39. The number of rotatable bonds is 10. The summed E-state index contributed by atoms with van der Waals surface area (Å²) >= 11 is 0. The van der Waals surface area contributed by atoms with Gasteiger partial charge in [-0.2, -0.15) is 4.98 Å². The second kappa shape index (κ2) is 13.2. The van der Waals surface area contributed by atoms with Gasteiger partial charge >= 0.3 is 5.97 Å². The number of fused-ring (bicyclic) bond motifs is 1. The van der Waals surface area contributed by atoms with Gasteiger partial charge in [-0.15, -0.1) is 15.0 Å². The molecule has 0 saturated carbocycles. The van der Waals surface area contributed by atoms with E-state index < -0.39 is 11.5 Å². The molecule has 9 heteroatoms. The summed E-state index contributed by atoms with van der Waals surface area (Å²) in [4.78, 5) is 18.3. The number of carbonyl (C=O) groups is 1. The fourth-order valence-corrected chi connectivity index (χ4v) is 6.89. The molecule has 0 fully saturated rings. The molecule has 248 valence electrons. The maximum Gasteiger partial charge on any atom is 0.337 e. The summed E-state index contributed by atoms with van der Waals surface area (Å²) in [5.41, 5.74) is 7.11. The summed E-state index contributed by atoms with van der Waals surface area (Å²) in [5.74, 6) is -0.520. The van der Waals surface area contributed by atoms with Crippen LogP contribution in [0.15, 0.2) is 158 Å². The lowest BCUT2D eigenvalue weighted by molar-refractivity contribution is 0.0698. The smallest absolute Gasteiger partial charge is 0.337 e. The molecular formula is C42H32N6O3. The highest BCUT2D eigenvalue weighted by molar-refractivity contribution is 6.01. The summed E-state index contributed by atoms with van der Waals surface area (Å²) < 4.78 is 7.34. The molecule has 0 amide bonds. The van der Waals surface area contributed by atoms with Crippen LogP contribution in [0.4, 0.5) is 0 Å². The molecule has 1 N–H and O–H groups in total. The first-order valence-electron chi connectivity index (χ1n) is 16.5. The Morgan fingerprint density at radius 3 is 1.82 bits per heavy atom. The molecule has 8 rings (SSSR count). The second-order valence-corrected chi connectivity index (χ2v) is 12.1. The van der Waals surface area contributed by atoms with Gasteiger partial charge in [-0.05, 0) is 50.7 Å². The zero-order valence-corrected chi connectivity index (χ0v) is 27.7. The van der Waals surface area contributed by atoms with Crippen molar-refractivity contribution in [3.63, 3.8) is 0 Å². The van der Waals surface area contributed by atoms with Crippen LogP contribution in [-0.4, -0.2) is 47.9 Å². The Morgan fingerprint density at radius 2 is 1.25 bits per heavy atom. The molecular weight excluding hydrogens is 637 g/mol. The number of methoxy groups -OCH3 is 1. The second-order valence-electron chi connectivity index (χ2n) is 12.1. The van der Waals surface area contributed by atoms with Crippen molar-refractivity contribution in [2.24, 2.45) is 0 Å². The molecule has 6 aromatic carbocycles. The van der Waals surface area contributed by atoms with Crippen molar-refractivity contribution in [1.29, 1.82) is 0 Å². The molecule has 0 spiro atoms. The van der Waals surface area contributed by atoms with Crippen LogP contribution in [0.1, 0.15) is 32.6 Å². The third kappa shape index (κ3) is 5.50. The molecule has 0 aliphatic rings. The van der Waals surface area contributed by atoms with Gasteiger partial charge in [-0.25, -0.2) is 4.79 Å². The Balaban J connectivity index is 1.19. The lowest BCUT2D eigenvalue weighted by atomic mass is 9.77. The first-order valence-corrected chi connectivity index (χ1v) is 16.5. The number of tetrazole rings is 1. The topological polar surface area (TPSA) is 108 Å². The minimum Gasteiger partial charge on any atom is -0.478 e. The van der Waals surface area contributed by atoms with Crippen molar-refractivity contribution in [3.05, 3.63) is 186 Å². The van der Waals surface area contributed by atoms with Gasteiger partial charge in [0.25, 0.3) is 6.01 Å². The lowest BCUT2D eigenvalue weighted by Gasteiger charge is -2.34. The maximum absolute atomic E-state index is 12.0. The van der Waals surface area contributed by atoms with Crippen molar-refractivity contribution in [1.82, 2.24) is 29.8 Å². The third-order valence-corrected chi connectivity index (χ3v) is 9.21. The van der Waals surface area contributed by atoms with E-state index in [0.29, 0.717) is 29.4 Å². The van der Waals surface area contributed by atoms with E-state index in [0.717, 1.165) is 38.9 Å². The molecule has 0 unspecified atom stereocenters. The monoisotopic (exact) mass is 668 g/mol. The van der Waals surface area contributed by atoms with E-state index in [-0.39, 0.29) is 5.56 Å². The Hall–Kier alpha value is -6.87. The van der Waals surface area contributed by atoms with Crippen molar-refractivity contribution >= 4 is 17.0 Å². The normalized spacial score (nSPS) is 11.5. The standard InChI is InChI=1S/C42H32N6O3/c1-51-41-43-37-23-13-22-36(40(49)50)38(37)47(41)28-29-24-26-30(27-25-29)34-20-11-12-21-35(34)39-44-46-48(45-39)42(31-14-5-2-6-15-31,32-16-7-3-8-17-32)33-18-9-4-10-19-33/h2-27H,28H2,1H3,(H,49,50). The Kier molecular flexibility index (Phi) is 8.13. The van der Waals surface area contributed by atoms with Crippen LogP contribution in [0, 0.1) is 0 Å². The van der Waals surface area contributed by atoms with Crippen molar-refractivity contribution in [2.75, 3.05) is 7.11 Å². The highest BCUT2D eigenvalue weighted by Crippen LogP contribution is 2.40. The summed E-state index contributed by atoms with van der Waals surface area (Å²) in [6, 6.07) is 52.4. The zero-order chi connectivity index (χ0) is 34.8. The molecule has 9 nitrogen and oxygen atoms in total. The number of imidazole rings is 1. The number of aromatic carboxylic acids is 1. The van der Waals surface area contributed by atoms with E-state index in [4.69, 9.17) is 15.0 Å². The first kappa shape index (κ1) is 31.4. The SMILES string of the molecule is COc1nc2cccc(C(=O)O)c2n1Cc1ccc(-c2ccccc2-c2nnn(C(c3ccccc3)(c3ccccc3)c3ccccc3)n2)cc1. The number of ether oxygens (including phenoxy) is 1. The van der Waals surface area contributed by atoms with Crippen LogP contribution in [0.5, 0.6) is 6.01 Å². The van der Waals surface area contributed by atoms with Crippen LogP contribution in [0.25, 0.3) is 33.5 Å². The Labute approximate surface area is 294 Å². The minimum absolute atomic E-state index is 0.171. The predicted molar refractivity (Wildman–Crippen MR) is 196 cm³/mol. The summed E-state index contributed by atoms with van der Waals surface area (Å²) in [7, 11) is 1.53. The molecule has 0 radical (unpaired) electrons. The highest BCUT2D eigenvalue weighted by Gasteiger charge is 2.41. The van der Waals surface area contributed by atoms with Gasteiger partial charge < -0.3 is 9.84 Å². The largest absolute Gasteiger partial charge is 0.478 e. The van der Waals surface area contributed by atoms with Gasteiger partial charge in [-0.1, -0.05) is 146 Å². The third-order valence-electron chi connectivity index (χ3n) is 9.21. The van der Waals surface area contributed by atoms with E-state index in [1.165, 1.54) is 7.11 Å². The van der Waals surface area contributed by atoms with Crippen molar-refractivity contribution < 1.29 is 14.6 Å². The van der Waals surface area contributed by atoms with Gasteiger partial charge in [0, 0.05) is 5.56 Å². The fraction of sp³-hybridized carbons (Fsp3) is 0.0714. The van der Waals surface area contributed by atoms with Gasteiger partial charge in [-0.3, -0.25) is 4.57 Å². The van der Waals surface area contributed by atoms with Crippen LogP contribution < -0.4 is 4.74 Å². The molecule has 0 bridgehead atoms. The predicted octanol–water partition coefficient (Wildman–Crippen LogP) is 7.95. The summed E-state index contributed by atoms with van der Waals surface area (Å²) in [6.45, 7) is 0.377. The minimum atomic E-state index is -1.02. The first-order chi connectivity index (χ1) is 25.1. The zero-order valence-electron chi connectivity index (χ0n) is 27.7. The maximum atomic E-state index is 12.0. The fourth-order valence-electron chi connectivity index (χ4n) is 6.89. The van der Waals surface area contributed by atoms with E-state index in [1.807, 2.05) is 97.1 Å². The molecule has 0 saturated heterocycles. The molecule has 0 atom stereocenters. The van der Waals surface area contributed by atoms with E-state index in [9.17, 15) is 9.90 Å². The van der Waals surface area contributed by atoms with E-state index in [2.05, 4.69) is 52.5 Å². The van der Waals surface area contributed by atoms with Crippen molar-refractivity contribution in [3.8, 4) is 28.5 Å². The quantitative estimate of drug-likeness (QED) is 0.147. The number of carboxylic acids is 1. The van der Waals surface area contributed by atoms with Gasteiger partial charge in [0.2, 0.25) is 5.82 Å². The van der Waals surface area contributed by atoms with Crippen LogP contribution in [0.3, 0.4) is 0 Å². The average molecular weight is 669 g/mol. The molecule has 0 aliphatic heterocycles.